The predicted molar refractivity (Wildman–Crippen MR) is 52.6 cm³/mol. The van der Waals surface area contributed by atoms with Crippen molar-refractivity contribution in [1.82, 2.24) is 0 Å². The van der Waals surface area contributed by atoms with Crippen molar-refractivity contribution in [3.8, 4) is 0 Å². The van der Waals surface area contributed by atoms with Gasteiger partial charge in [-0.3, -0.25) is 4.79 Å². The zero-order chi connectivity index (χ0) is 9.68. The third-order valence-electron chi connectivity index (χ3n) is 3.05. The fraction of sp³-hybridized carbons (Fsp3) is 0.909. The van der Waals surface area contributed by atoms with Gasteiger partial charge < -0.3 is 5.11 Å². The molecule has 2 heteroatoms. The molecule has 1 aliphatic rings. The third-order valence-corrected chi connectivity index (χ3v) is 3.05. The average molecular weight is 184 g/mol. The molecule has 0 radical (unpaired) electrons. The predicted octanol–water partition coefficient (Wildman–Crippen LogP) is 3.07. The molecule has 1 unspecified atom stereocenters. The Bertz CT molecular complexity index is 161. The molecule has 0 aromatic carbocycles. The van der Waals surface area contributed by atoms with Crippen LogP contribution in [0.4, 0.5) is 0 Å². The first-order valence-electron chi connectivity index (χ1n) is 5.40. The second-order valence-electron chi connectivity index (χ2n) is 4.42. The van der Waals surface area contributed by atoms with Gasteiger partial charge in [0.25, 0.3) is 0 Å². The van der Waals surface area contributed by atoms with Crippen LogP contribution in [0.1, 0.15) is 51.9 Å². The van der Waals surface area contributed by atoms with Crippen LogP contribution >= 0.6 is 0 Å². The zero-order valence-corrected chi connectivity index (χ0v) is 8.46. The van der Waals surface area contributed by atoms with Crippen molar-refractivity contribution in [3.05, 3.63) is 0 Å². The van der Waals surface area contributed by atoms with Crippen molar-refractivity contribution < 1.29 is 9.90 Å². The van der Waals surface area contributed by atoms with Crippen molar-refractivity contribution in [3.63, 3.8) is 0 Å². The van der Waals surface area contributed by atoms with Crippen LogP contribution in [0.15, 0.2) is 0 Å². The molecule has 0 aromatic heterocycles. The Balaban J connectivity index is 1.96. The molecule has 0 saturated heterocycles. The maximum atomic E-state index is 10.3. The summed E-state index contributed by atoms with van der Waals surface area (Å²) in [6.45, 7) is 2.25. The summed E-state index contributed by atoms with van der Waals surface area (Å²) < 4.78 is 0. The average Bonchev–Trinajstić information content (AvgIpc) is 1.96. The molecule has 0 aromatic rings. The third kappa shape index (κ3) is 4.30. The van der Waals surface area contributed by atoms with Crippen LogP contribution in [0, 0.1) is 11.8 Å². The minimum absolute atomic E-state index is 0.342. The molecule has 0 amide bonds. The molecule has 0 spiro atoms. The summed E-state index contributed by atoms with van der Waals surface area (Å²) in [6, 6.07) is 0. The molecule has 0 bridgehead atoms. The molecule has 0 aliphatic heterocycles. The SMILES string of the molecule is CC(CCCC(=O)O)CC1CCC1. The highest BCUT2D eigenvalue weighted by Crippen LogP contribution is 2.33. The highest BCUT2D eigenvalue weighted by molar-refractivity contribution is 5.66. The molecule has 1 rings (SSSR count). The molecule has 1 N–H and O–H groups in total. The lowest BCUT2D eigenvalue weighted by molar-refractivity contribution is -0.137. The highest BCUT2D eigenvalue weighted by atomic mass is 16.4. The lowest BCUT2D eigenvalue weighted by atomic mass is 9.78. The number of hydrogen-bond acceptors (Lipinski definition) is 1. The van der Waals surface area contributed by atoms with Gasteiger partial charge in [0.2, 0.25) is 0 Å². The monoisotopic (exact) mass is 184 g/mol. The summed E-state index contributed by atoms with van der Waals surface area (Å²) in [6.07, 6.45) is 7.82. The lowest BCUT2D eigenvalue weighted by Crippen LogP contribution is -2.14. The highest BCUT2D eigenvalue weighted by Gasteiger charge is 2.19. The fourth-order valence-corrected chi connectivity index (χ4v) is 2.02. The summed E-state index contributed by atoms with van der Waals surface area (Å²) in [7, 11) is 0. The second kappa shape index (κ2) is 5.25. The Morgan fingerprint density at radius 2 is 2.23 bits per heavy atom. The van der Waals surface area contributed by atoms with Crippen molar-refractivity contribution in [2.45, 2.75) is 51.9 Å². The van der Waals surface area contributed by atoms with Crippen LogP contribution in [0.25, 0.3) is 0 Å². The van der Waals surface area contributed by atoms with Crippen molar-refractivity contribution in [2.75, 3.05) is 0 Å². The number of carbonyl (C=O) groups is 1. The van der Waals surface area contributed by atoms with Crippen LogP contribution in [0.3, 0.4) is 0 Å². The quantitative estimate of drug-likeness (QED) is 0.688. The first-order valence-corrected chi connectivity index (χ1v) is 5.40. The van der Waals surface area contributed by atoms with Gasteiger partial charge in [0.1, 0.15) is 0 Å². The van der Waals surface area contributed by atoms with Gasteiger partial charge in [0, 0.05) is 6.42 Å². The summed E-state index contributed by atoms with van der Waals surface area (Å²) >= 11 is 0. The molecule has 2 nitrogen and oxygen atoms in total. The van der Waals surface area contributed by atoms with Gasteiger partial charge in [0.15, 0.2) is 0 Å². The van der Waals surface area contributed by atoms with E-state index in [0.717, 1.165) is 24.7 Å². The Kier molecular flexibility index (Phi) is 4.26. The van der Waals surface area contributed by atoms with E-state index in [1.54, 1.807) is 0 Å². The maximum absolute atomic E-state index is 10.3. The van der Waals surface area contributed by atoms with Gasteiger partial charge in [0.05, 0.1) is 0 Å². The largest absolute Gasteiger partial charge is 0.481 e. The smallest absolute Gasteiger partial charge is 0.303 e. The molecule has 76 valence electrons. The number of aliphatic carboxylic acids is 1. The minimum atomic E-state index is -0.657. The minimum Gasteiger partial charge on any atom is -0.481 e. The molecular weight excluding hydrogens is 164 g/mol. The van der Waals surface area contributed by atoms with Crippen LogP contribution in [-0.4, -0.2) is 11.1 Å². The van der Waals surface area contributed by atoms with Gasteiger partial charge in [-0.15, -0.1) is 0 Å². The fourth-order valence-electron chi connectivity index (χ4n) is 2.02. The topological polar surface area (TPSA) is 37.3 Å². The van der Waals surface area contributed by atoms with Gasteiger partial charge in [-0.2, -0.15) is 0 Å². The molecule has 1 saturated carbocycles. The number of rotatable bonds is 6. The normalized spacial score (nSPS) is 19.5. The zero-order valence-electron chi connectivity index (χ0n) is 8.46. The number of carboxylic acids is 1. The molecule has 1 aliphatic carbocycles. The Labute approximate surface area is 80.3 Å². The van der Waals surface area contributed by atoms with E-state index < -0.39 is 5.97 Å². The standard InChI is InChI=1S/C11H20O2/c1-9(4-2-7-11(12)13)8-10-5-3-6-10/h9-10H,2-8H2,1H3,(H,12,13). The van der Waals surface area contributed by atoms with Crippen molar-refractivity contribution in [1.29, 1.82) is 0 Å². The van der Waals surface area contributed by atoms with E-state index in [4.69, 9.17) is 5.11 Å². The van der Waals surface area contributed by atoms with Crippen LogP contribution < -0.4 is 0 Å². The maximum Gasteiger partial charge on any atom is 0.303 e. The van der Waals surface area contributed by atoms with E-state index in [0.29, 0.717) is 6.42 Å². The molecule has 13 heavy (non-hydrogen) atoms. The lowest BCUT2D eigenvalue weighted by Gasteiger charge is -2.28. The van der Waals surface area contributed by atoms with Gasteiger partial charge >= 0.3 is 5.97 Å². The van der Waals surface area contributed by atoms with E-state index in [9.17, 15) is 4.79 Å². The first-order chi connectivity index (χ1) is 6.18. The first kappa shape index (κ1) is 10.6. The van der Waals surface area contributed by atoms with E-state index in [1.165, 1.54) is 25.7 Å². The van der Waals surface area contributed by atoms with Crippen molar-refractivity contribution in [2.24, 2.45) is 11.8 Å². The summed E-state index contributed by atoms with van der Waals surface area (Å²) in [5.41, 5.74) is 0. The van der Waals surface area contributed by atoms with E-state index in [2.05, 4.69) is 6.92 Å². The Hall–Kier alpha value is -0.530. The van der Waals surface area contributed by atoms with Gasteiger partial charge in [-0.1, -0.05) is 32.6 Å². The van der Waals surface area contributed by atoms with Crippen LogP contribution in [0.5, 0.6) is 0 Å². The number of carboxylic acid groups (broad SMARTS) is 1. The van der Waals surface area contributed by atoms with E-state index in [1.807, 2.05) is 0 Å². The second-order valence-corrected chi connectivity index (χ2v) is 4.42. The van der Waals surface area contributed by atoms with Gasteiger partial charge in [-0.05, 0) is 24.7 Å². The van der Waals surface area contributed by atoms with Crippen LogP contribution in [-0.2, 0) is 4.79 Å². The Morgan fingerprint density at radius 3 is 2.69 bits per heavy atom. The van der Waals surface area contributed by atoms with Crippen molar-refractivity contribution >= 4 is 5.97 Å². The molecular formula is C11H20O2. The number of hydrogen-bond donors (Lipinski definition) is 1. The Morgan fingerprint density at radius 1 is 1.54 bits per heavy atom. The van der Waals surface area contributed by atoms with E-state index >= 15 is 0 Å². The molecule has 1 atom stereocenters. The van der Waals surface area contributed by atoms with Gasteiger partial charge in [-0.25, -0.2) is 0 Å². The summed E-state index contributed by atoms with van der Waals surface area (Å²) in [4.78, 5) is 10.3. The molecule has 1 fully saturated rings. The summed E-state index contributed by atoms with van der Waals surface area (Å²) in [5, 5.41) is 8.47. The van der Waals surface area contributed by atoms with Crippen LogP contribution in [0.2, 0.25) is 0 Å². The summed E-state index contributed by atoms with van der Waals surface area (Å²) in [5.74, 6) is 1.03. The van der Waals surface area contributed by atoms with E-state index in [-0.39, 0.29) is 0 Å². The molecule has 0 heterocycles.